The maximum Gasteiger partial charge on any atom is 0.143 e. The third-order valence-corrected chi connectivity index (χ3v) is 11.7. The smallest absolute Gasteiger partial charge is 0.143 e. The summed E-state index contributed by atoms with van der Waals surface area (Å²) < 4.78 is 6.58. The molecule has 0 bridgehead atoms. The molecule has 0 unspecified atom stereocenters. The molecule has 0 aliphatic rings. The molecule has 10 aromatic carbocycles. The highest BCUT2D eigenvalue weighted by Crippen LogP contribution is 2.43. The summed E-state index contributed by atoms with van der Waals surface area (Å²) in [5, 5.41) is 4.75. The number of hydrogen-bond acceptors (Lipinski definition) is 2. The molecule has 0 fully saturated rings. The van der Waals surface area contributed by atoms with Crippen LogP contribution in [0.25, 0.3) is 88.3 Å². The number of hydrogen-bond donors (Lipinski definition) is 0. The summed E-state index contributed by atoms with van der Waals surface area (Å²) in [6.45, 7) is 0. The zero-order valence-corrected chi connectivity index (χ0v) is 32.9. The molecule has 0 atom stereocenters. The van der Waals surface area contributed by atoms with Crippen LogP contribution in [0.2, 0.25) is 0 Å². The van der Waals surface area contributed by atoms with Gasteiger partial charge in [0.2, 0.25) is 0 Å². The van der Waals surface area contributed by atoms with Crippen molar-refractivity contribution in [1.29, 1.82) is 0 Å². The fraction of sp³-hybridized carbons (Fsp3) is 0. The number of benzene rings is 10. The van der Waals surface area contributed by atoms with E-state index in [2.05, 4.69) is 235 Å². The van der Waals surface area contributed by atoms with Gasteiger partial charge in [-0.15, -0.1) is 0 Å². The van der Waals surface area contributed by atoms with E-state index < -0.39 is 0 Å². The van der Waals surface area contributed by atoms with E-state index >= 15 is 0 Å². The Kier molecular flexibility index (Phi) is 8.87. The van der Waals surface area contributed by atoms with Crippen LogP contribution >= 0.6 is 0 Å². The third kappa shape index (κ3) is 6.41. The van der Waals surface area contributed by atoms with Crippen LogP contribution in [-0.4, -0.2) is 0 Å². The van der Waals surface area contributed by atoms with Crippen molar-refractivity contribution in [2.75, 3.05) is 4.90 Å². The summed E-state index contributed by atoms with van der Waals surface area (Å²) in [5.74, 6) is 0. The molecule has 11 aromatic rings. The van der Waals surface area contributed by atoms with Crippen LogP contribution in [0, 0.1) is 0 Å². The average Bonchev–Trinajstić information content (AvgIpc) is 3.72. The van der Waals surface area contributed by atoms with Crippen molar-refractivity contribution in [3.63, 3.8) is 0 Å². The van der Waals surface area contributed by atoms with Crippen molar-refractivity contribution >= 4 is 49.8 Å². The Balaban J connectivity index is 0.999. The molecule has 0 amide bonds. The van der Waals surface area contributed by atoms with Crippen molar-refractivity contribution in [3.8, 4) is 55.6 Å². The molecular weight excluding hydrogens is 727 g/mol. The monoisotopic (exact) mass is 765 g/mol. The van der Waals surface area contributed by atoms with Crippen molar-refractivity contribution in [3.05, 3.63) is 237 Å². The molecular formula is C58H39NO. The van der Waals surface area contributed by atoms with Crippen LogP contribution in [-0.2, 0) is 0 Å². The highest BCUT2D eigenvalue weighted by atomic mass is 16.3. The van der Waals surface area contributed by atoms with Gasteiger partial charge in [-0.3, -0.25) is 0 Å². The highest BCUT2D eigenvalue weighted by Gasteiger charge is 2.18. The molecule has 0 spiro atoms. The van der Waals surface area contributed by atoms with Gasteiger partial charge >= 0.3 is 0 Å². The minimum absolute atomic E-state index is 0.899. The van der Waals surface area contributed by atoms with Crippen LogP contribution in [0.5, 0.6) is 0 Å². The number of para-hydroxylation sites is 2. The molecule has 2 nitrogen and oxygen atoms in total. The van der Waals surface area contributed by atoms with Gasteiger partial charge in [-0.05, 0) is 109 Å². The van der Waals surface area contributed by atoms with Gasteiger partial charge in [0, 0.05) is 33.4 Å². The molecule has 11 rings (SSSR count). The lowest BCUT2D eigenvalue weighted by molar-refractivity contribution is 0.670. The second kappa shape index (κ2) is 15.1. The Hall–Kier alpha value is -7.94. The van der Waals surface area contributed by atoms with Gasteiger partial charge in [0.15, 0.2) is 0 Å². The summed E-state index contributed by atoms with van der Waals surface area (Å²) in [4.78, 5) is 2.34. The standard InChI is InChI=1S/C58H39NO/c1-3-13-40(14-4-1)41-25-32-47(33-26-41)59(49-36-29-45(30-37-49)51-21-11-18-44-17-7-8-19-50(44)51)48-34-27-42(28-35-48)46-31-38-52(43-15-5-2-6-16-43)56(39-46)55-23-12-22-54-53-20-9-10-24-57(53)60-58(54)55/h1-39H. The van der Waals surface area contributed by atoms with Crippen LogP contribution in [0.15, 0.2) is 241 Å². The van der Waals surface area contributed by atoms with E-state index in [1.807, 2.05) is 6.07 Å². The Morgan fingerprint density at radius 3 is 1.43 bits per heavy atom. The van der Waals surface area contributed by atoms with Crippen LogP contribution < -0.4 is 4.90 Å². The van der Waals surface area contributed by atoms with Crippen LogP contribution in [0.3, 0.4) is 0 Å². The maximum atomic E-state index is 6.58. The second-order valence-corrected chi connectivity index (χ2v) is 15.3. The quantitative estimate of drug-likeness (QED) is 0.153. The number of nitrogens with zero attached hydrogens (tertiary/aromatic N) is 1. The molecule has 0 saturated carbocycles. The van der Waals surface area contributed by atoms with E-state index in [1.165, 1.54) is 44.2 Å². The zero-order valence-electron chi connectivity index (χ0n) is 32.9. The molecule has 282 valence electrons. The van der Waals surface area contributed by atoms with E-state index in [0.29, 0.717) is 0 Å². The minimum Gasteiger partial charge on any atom is -0.455 e. The lowest BCUT2D eigenvalue weighted by Crippen LogP contribution is -2.09. The average molecular weight is 766 g/mol. The van der Waals surface area contributed by atoms with Gasteiger partial charge in [-0.2, -0.15) is 0 Å². The number of fused-ring (bicyclic) bond motifs is 4. The van der Waals surface area contributed by atoms with E-state index in [9.17, 15) is 0 Å². The van der Waals surface area contributed by atoms with Crippen molar-refractivity contribution in [2.45, 2.75) is 0 Å². The molecule has 0 saturated heterocycles. The van der Waals surface area contributed by atoms with E-state index in [4.69, 9.17) is 4.42 Å². The molecule has 0 aliphatic carbocycles. The summed E-state index contributed by atoms with van der Waals surface area (Å²) in [7, 11) is 0. The summed E-state index contributed by atoms with van der Waals surface area (Å²) in [6, 6.07) is 84.8. The van der Waals surface area contributed by atoms with Crippen molar-refractivity contribution in [1.82, 2.24) is 0 Å². The normalized spacial score (nSPS) is 11.3. The molecule has 1 heterocycles. The Labute approximate surface area is 349 Å². The largest absolute Gasteiger partial charge is 0.455 e. The van der Waals surface area contributed by atoms with Crippen molar-refractivity contribution < 1.29 is 4.42 Å². The van der Waals surface area contributed by atoms with Gasteiger partial charge in [0.1, 0.15) is 11.2 Å². The SMILES string of the molecule is c1ccc(-c2ccc(N(c3ccc(-c4ccc(-c5ccccc5)c(-c5cccc6c5oc5ccccc56)c4)cc3)c3ccc(-c4cccc5ccccc45)cc3)cc2)cc1. The molecule has 0 N–H and O–H groups in total. The summed E-state index contributed by atoms with van der Waals surface area (Å²) >= 11 is 0. The summed E-state index contributed by atoms with van der Waals surface area (Å²) in [6.07, 6.45) is 0. The molecule has 0 aliphatic heterocycles. The first-order valence-electron chi connectivity index (χ1n) is 20.5. The summed E-state index contributed by atoms with van der Waals surface area (Å²) in [5.41, 5.74) is 16.7. The second-order valence-electron chi connectivity index (χ2n) is 15.3. The maximum absolute atomic E-state index is 6.58. The lowest BCUT2D eigenvalue weighted by atomic mass is 9.90. The van der Waals surface area contributed by atoms with Gasteiger partial charge in [-0.25, -0.2) is 0 Å². The number of furan rings is 1. The van der Waals surface area contributed by atoms with E-state index in [-0.39, 0.29) is 0 Å². The van der Waals surface area contributed by atoms with Gasteiger partial charge < -0.3 is 9.32 Å². The fourth-order valence-electron chi connectivity index (χ4n) is 8.73. The highest BCUT2D eigenvalue weighted by molar-refractivity contribution is 6.11. The zero-order chi connectivity index (χ0) is 39.8. The Morgan fingerprint density at radius 1 is 0.267 bits per heavy atom. The minimum atomic E-state index is 0.899. The Bertz CT molecular complexity index is 3270. The first-order chi connectivity index (χ1) is 29.7. The fourth-order valence-corrected chi connectivity index (χ4v) is 8.73. The first-order valence-corrected chi connectivity index (χ1v) is 20.5. The number of anilines is 3. The van der Waals surface area contributed by atoms with Crippen LogP contribution in [0.4, 0.5) is 17.1 Å². The van der Waals surface area contributed by atoms with E-state index in [0.717, 1.165) is 61.3 Å². The van der Waals surface area contributed by atoms with Crippen molar-refractivity contribution in [2.24, 2.45) is 0 Å². The van der Waals surface area contributed by atoms with E-state index in [1.54, 1.807) is 0 Å². The lowest BCUT2D eigenvalue weighted by Gasteiger charge is -2.26. The predicted octanol–water partition coefficient (Wildman–Crippen LogP) is 16.5. The number of rotatable bonds is 8. The van der Waals surface area contributed by atoms with Gasteiger partial charge in [0.05, 0.1) is 0 Å². The van der Waals surface area contributed by atoms with Crippen LogP contribution in [0.1, 0.15) is 0 Å². The molecule has 2 heteroatoms. The molecule has 60 heavy (non-hydrogen) atoms. The topological polar surface area (TPSA) is 16.4 Å². The Morgan fingerprint density at radius 2 is 0.733 bits per heavy atom. The third-order valence-electron chi connectivity index (χ3n) is 11.7. The predicted molar refractivity (Wildman–Crippen MR) is 253 cm³/mol. The molecule has 0 radical (unpaired) electrons. The van der Waals surface area contributed by atoms with Gasteiger partial charge in [-0.1, -0.05) is 188 Å². The first kappa shape index (κ1) is 35.2. The molecule has 1 aromatic heterocycles. The van der Waals surface area contributed by atoms with Gasteiger partial charge in [0.25, 0.3) is 0 Å².